The summed E-state index contributed by atoms with van der Waals surface area (Å²) in [5.74, 6) is 0.764. The van der Waals surface area contributed by atoms with Gasteiger partial charge >= 0.3 is 6.09 Å². The molecule has 0 saturated carbocycles. The van der Waals surface area contributed by atoms with Gasteiger partial charge in [0.15, 0.2) is 0 Å². The molecule has 8 heteroatoms. The first kappa shape index (κ1) is 17.5. The number of imidazole rings is 1. The van der Waals surface area contributed by atoms with Gasteiger partial charge in [-0.15, -0.1) is 0 Å². The Bertz CT molecular complexity index is 530. The van der Waals surface area contributed by atoms with E-state index in [0.717, 1.165) is 31.3 Å². The Morgan fingerprint density at radius 2 is 2.27 bits per heavy atom. The van der Waals surface area contributed by atoms with E-state index in [1.54, 1.807) is 0 Å². The van der Waals surface area contributed by atoms with Gasteiger partial charge in [0.25, 0.3) is 0 Å². The van der Waals surface area contributed by atoms with Crippen LogP contribution in [0.5, 0.6) is 0 Å². The lowest BCUT2D eigenvalue weighted by Crippen LogP contribution is -2.30. The molecule has 22 heavy (non-hydrogen) atoms. The maximum Gasteiger partial charge on any atom is 0.407 e. The smallest absolute Gasteiger partial charge is 0.407 e. The summed E-state index contributed by atoms with van der Waals surface area (Å²) in [4.78, 5) is 17.2. The first-order valence-electron chi connectivity index (χ1n) is 7.58. The first-order chi connectivity index (χ1) is 10.3. The zero-order chi connectivity index (χ0) is 16.3. The standard InChI is InChI=1S/C14H24BrN3O3Si/c1-22(2,3)8-7-21-10-17-9-12(15)16-13(17)11-5-4-6-18(11)14(19)20/h9,11H,4-8,10H2,1-3H3,(H,19,20). The Balaban J connectivity index is 2.02. The molecule has 0 aromatic carbocycles. The van der Waals surface area contributed by atoms with Gasteiger partial charge in [-0.25, -0.2) is 9.78 Å². The minimum Gasteiger partial charge on any atom is -0.465 e. The van der Waals surface area contributed by atoms with Crippen molar-refractivity contribution in [1.29, 1.82) is 0 Å². The number of carboxylic acid groups (broad SMARTS) is 1. The summed E-state index contributed by atoms with van der Waals surface area (Å²) in [6.07, 6.45) is 2.66. The highest BCUT2D eigenvalue weighted by molar-refractivity contribution is 9.10. The summed E-state index contributed by atoms with van der Waals surface area (Å²) in [6.45, 7) is 8.68. The highest BCUT2D eigenvalue weighted by Gasteiger charge is 2.33. The summed E-state index contributed by atoms with van der Waals surface area (Å²) in [5, 5.41) is 9.30. The van der Waals surface area contributed by atoms with Gasteiger partial charge in [-0.2, -0.15) is 0 Å². The number of ether oxygens (including phenoxy) is 1. The van der Waals surface area contributed by atoms with Crippen LogP contribution in [-0.4, -0.2) is 46.9 Å². The second-order valence-corrected chi connectivity index (χ2v) is 13.3. The Labute approximate surface area is 140 Å². The Morgan fingerprint density at radius 3 is 2.91 bits per heavy atom. The van der Waals surface area contributed by atoms with Crippen LogP contribution in [0.1, 0.15) is 24.7 Å². The second-order valence-electron chi connectivity index (χ2n) is 6.87. The summed E-state index contributed by atoms with van der Waals surface area (Å²) < 4.78 is 8.41. The van der Waals surface area contributed by atoms with Gasteiger partial charge in [0.05, 0.1) is 6.04 Å². The number of carbonyl (C=O) groups is 1. The topological polar surface area (TPSA) is 67.6 Å². The third-order valence-electron chi connectivity index (χ3n) is 3.80. The van der Waals surface area contributed by atoms with Crippen LogP contribution < -0.4 is 0 Å². The SMILES string of the molecule is C[Si](C)(C)CCOCn1cc(Br)nc1C1CCCN1C(=O)O. The summed E-state index contributed by atoms with van der Waals surface area (Å²) in [7, 11) is -1.10. The van der Waals surface area contributed by atoms with E-state index < -0.39 is 14.2 Å². The molecule has 1 unspecified atom stereocenters. The molecule has 1 aliphatic heterocycles. The lowest BCUT2D eigenvalue weighted by molar-refractivity contribution is 0.0805. The van der Waals surface area contributed by atoms with Crippen molar-refractivity contribution in [3.05, 3.63) is 16.6 Å². The van der Waals surface area contributed by atoms with Gasteiger partial charge in [-0.05, 0) is 34.8 Å². The number of nitrogens with zero attached hydrogens (tertiary/aromatic N) is 3. The number of hydrogen-bond donors (Lipinski definition) is 1. The average molecular weight is 390 g/mol. The lowest BCUT2D eigenvalue weighted by Gasteiger charge is -2.22. The molecule has 1 aliphatic rings. The maximum absolute atomic E-state index is 11.3. The summed E-state index contributed by atoms with van der Waals surface area (Å²) in [5.41, 5.74) is 0. The van der Waals surface area contributed by atoms with Gasteiger partial charge in [-0.3, -0.25) is 4.90 Å². The third-order valence-corrected chi connectivity index (χ3v) is 5.89. The number of halogens is 1. The van der Waals surface area contributed by atoms with E-state index in [0.29, 0.717) is 17.9 Å². The van der Waals surface area contributed by atoms with E-state index in [9.17, 15) is 9.90 Å². The number of aromatic nitrogens is 2. The fraction of sp³-hybridized carbons (Fsp3) is 0.714. The highest BCUT2D eigenvalue weighted by Crippen LogP contribution is 2.32. The van der Waals surface area contributed by atoms with Crippen LogP contribution in [0.25, 0.3) is 0 Å². The molecule has 2 rings (SSSR count). The third kappa shape index (κ3) is 4.56. The zero-order valence-electron chi connectivity index (χ0n) is 13.4. The van der Waals surface area contributed by atoms with Crippen LogP contribution >= 0.6 is 15.9 Å². The van der Waals surface area contributed by atoms with Crippen LogP contribution in [0.4, 0.5) is 4.79 Å². The molecule has 124 valence electrons. The zero-order valence-corrected chi connectivity index (χ0v) is 16.0. The fourth-order valence-electron chi connectivity index (χ4n) is 2.57. The minimum absolute atomic E-state index is 0.176. The molecule has 2 heterocycles. The van der Waals surface area contributed by atoms with Crippen molar-refractivity contribution in [2.45, 2.75) is 51.3 Å². The van der Waals surface area contributed by atoms with E-state index in [1.165, 1.54) is 4.90 Å². The molecular formula is C14H24BrN3O3Si. The molecule has 1 aromatic rings. The molecule has 1 saturated heterocycles. The average Bonchev–Trinajstić information content (AvgIpc) is 2.99. The van der Waals surface area contributed by atoms with Crippen LogP contribution in [0, 0.1) is 0 Å². The molecule has 0 aliphatic carbocycles. The van der Waals surface area contributed by atoms with Crippen LogP contribution in [-0.2, 0) is 11.5 Å². The largest absolute Gasteiger partial charge is 0.465 e. The quantitative estimate of drug-likeness (QED) is 0.593. The van der Waals surface area contributed by atoms with E-state index in [2.05, 4.69) is 40.6 Å². The lowest BCUT2D eigenvalue weighted by atomic mass is 10.2. The van der Waals surface area contributed by atoms with Crippen LogP contribution in [0.3, 0.4) is 0 Å². The molecule has 1 N–H and O–H groups in total. The molecule has 1 fully saturated rings. The van der Waals surface area contributed by atoms with Gasteiger partial charge in [-0.1, -0.05) is 19.6 Å². The predicted octanol–water partition coefficient (Wildman–Crippen LogP) is 3.77. The van der Waals surface area contributed by atoms with Crippen molar-refractivity contribution >= 4 is 30.1 Å². The molecule has 1 aromatic heterocycles. The van der Waals surface area contributed by atoms with Crippen molar-refractivity contribution in [3.8, 4) is 0 Å². The van der Waals surface area contributed by atoms with E-state index in [-0.39, 0.29) is 6.04 Å². The molecule has 6 nitrogen and oxygen atoms in total. The fourth-order valence-corrected chi connectivity index (χ4v) is 3.76. The molecule has 0 radical (unpaired) electrons. The number of hydrogen-bond acceptors (Lipinski definition) is 3. The first-order valence-corrected chi connectivity index (χ1v) is 12.1. The molecule has 0 bridgehead atoms. The second kappa shape index (κ2) is 7.14. The normalized spacial score (nSPS) is 18.9. The number of amides is 1. The van der Waals surface area contributed by atoms with Crippen molar-refractivity contribution < 1.29 is 14.6 Å². The van der Waals surface area contributed by atoms with Gasteiger partial charge in [0.1, 0.15) is 17.2 Å². The van der Waals surface area contributed by atoms with Gasteiger partial charge in [0.2, 0.25) is 0 Å². The van der Waals surface area contributed by atoms with Crippen molar-refractivity contribution in [3.63, 3.8) is 0 Å². The van der Waals surface area contributed by atoms with Crippen molar-refractivity contribution in [1.82, 2.24) is 14.5 Å². The van der Waals surface area contributed by atoms with Crippen LogP contribution in [0.15, 0.2) is 10.8 Å². The van der Waals surface area contributed by atoms with E-state index >= 15 is 0 Å². The molecule has 1 atom stereocenters. The van der Waals surface area contributed by atoms with Crippen molar-refractivity contribution in [2.75, 3.05) is 13.2 Å². The molecular weight excluding hydrogens is 366 g/mol. The van der Waals surface area contributed by atoms with E-state index in [1.807, 2.05) is 10.8 Å². The molecule has 0 spiro atoms. The van der Waals surface area contributed by atoms with Crippen molar-refractivity contribution in [2.24, 2.45) is 0 Å². The number of rotatable bonds is 6. The maximum atomic E-state index is 11.3. The minimum atomic E-state index is -1.10. The highest BCUT2D eigenvalue weighted by atomic mass is 79.9. The Hall–Kier alpha value is -0.863. The van der Waals surface area contributed by atoms with Gasteiger partial charge in [0, 0.05) is 27.4 Å². The van der Waals surface area contributed by atoms with Crippen LogP contribution in [0.2, 0.25) is 25.7 Å². The number of likely N-dealkylation sites (tertiary alicyclic amines) is 1. The van der Waals surface area contributed by atoms with Gasteiger partial charge < -0.3 is 14.4 Å². The monoisotopic (exact) mass is 389 g/mol. The summed E-state index contributed by atoms with van der Waals surface area (Å²) >= 11 is 3.38. The Morgan fingerprint density at radius 1 is 1.55 bits per heavy atom. The summed E-state index contributed by atoms with van der Waals surface area (Å²) in [6, 6.07) is 0.937. The Kier molecular flexibility index (Phi) is 5.68. The molecule has 1 amide bonds. The predicted molar refractivity (Wildman–Crippen MR) is 90.7 cm³/mol. The van der Waals surface area contributed by atoms with E-state index in [4.69, 9.17) is 4.74 Å².